The first-order chi connectivity index (χ1) is 13.4. The molecule has 0 aromatic heterocycles. The third-order valence-electron chi connectivity index (χ3n) is 5.72. The van der Waals surface area contributed by atoms with Gasteiger partial charge in [-0.1, -0.05) is 33.0 Å². The van der Waals surface area contributed by atoms with Crippen molar-refractivity contribution in [1.29, 1.82) is 0 Å². The van der Waals surface area contributed by atoms with Gasteiger partial charge in [-0.25, -0.2) is 4.39 Å². The molecule has 3 heterocycles. The number of piperidine rings is 2. The van der Waals surface area contributed by atoms with Crippen LogP contribution in [0.4, 0.5) is 10.1 Å². The Kier molecular flexibility index (Phi) is 6.33. The van der Waals surface area contributed by atoms with Crippen molar-refractivity contribution >= 4 is 34.7 Å². The van der Waals surface area contributed by atoms with Gasteiger partial charge in [0.15, 0.2) is 0 Å². The van der Waals surface area contributed by atoms with Crippen LogP contribution in [0.5, 0.6) is 0 Å². The number of amides is 2. The quantitative estimate of drug-likeness (QED) is 0.604. The number of hydrogen-bond donors (Lipinski definition) is 1. The van der Waals surface area contributed by atoms with Gasteiger partial charge in [0.2, 0.25) is 11.8 Å². The fourth-order valence-electron chi connectivity index (χ4n) is 4.14. The monoisotopic (exact) mass is 405 g/mol. The number of nitrogens with zero attached hydrogens (tertiary/aromatic N) is 2. The fraction of sp³-hybridized carbons (Fsp3) is 0.571. The molecule has 2 amide bonds. The lowest BCUT2D eigenvalue weighted by molar-refractivity contribution is -0.136. The molecule has 28 heavy (non-hydrogen) atoms. The van der Waals surface area contributed by atoms with Crippen molar-refractivity contribution < 1.29 is 14.0 Å². The number of fused-ring (bicyclic) bond motifs is 1. The van der Waals surface area contributed by atoms with E-state index in [9.17, 15) is 14.0 Å². The molecule has 0 radical (unpaired) electrons. The van der Waals surface area contributed by atoms with Crippen LogP contribution in [0.2, 0.25) is 0 Å². The molecular formula is C21H28FN3O2S. The predicted molar refractivity (Wildman–Crippen MR) is 112 cm³/mol. The minimum Gasteiger partial charge on any atom is -0.371 e. The summed E-state index contributed by atoms with van der Waals surface area (Å²) in [6.45, 7) is 8.54. The number of benzene rings is 1. The van der Waals surface area contributed by atoms with Crippen LogP contribution in [-0.2, 0) is 16.1 Å². The van der Waals surface area contributed by atoms with E-state index in [0.717, 1.165) is 37.2 Å². The first kappa shape index (κ1) is 20.7. The molecular weight excluding hydrogens is 377 g/mol. The molecule has 1 N–H and O–H groups in total. The summed E-state index contributed by atoms with van der Waals surface area (Å²) in [7, 11) is 0. The first-order valence-corrected chi connectivity index (χ1v) is 10.6. The molecule has 7 heteroatoms. The zero-order valence-electron chi connectivity index (χ0n) is 16.8. The highest BCUT2D eigenvalue weighted by Gasteiger charge is 2.38. The smallest absolute Gasteiger partial charge is 0.249 e. The Bertz CT molecular complexity index is 790. The van der Waals surface area contributed by atoms with Crippen molar-refractivity contribution in [1.82, 2.24) is 10.2 Å². The van der Waals surface area contributed by atoms with Crippen molar-refractivity contribution in [2.75, 3.05) is 18.0 Å². The molecule has 4 rings (SSSR count). The number of halogens is 1. The van der Waals surface area contributed by atoms with Gasteiger partial charge in [-0.05, 0) is 37.3 Å². The Labute approximate surface area is 171 Å². The molecule has 0 aliphatic carbocycles. The maximum Gasteiger partial charge on any atom is 0.249 e. The lowest BCUT2D eigenvalue weighted by atomic mass is 9.97. The van der Waals surface area contributed by atoms with E-state index in [1.54, 1.807) is 6.07 Å². The third kappa shape index (κ3) is 3.90. The summed E-state index contributed by atoms with van der Waals surface area (Å²) < 4.78 is 14.3. The van der Waals surface area contributed by atoms with Crippen LogP contribution >= 0.6 is 12.2 Å². The molecule has 3 aliphatic heterocycles. The van der Waals surface area contributed by atoms with E-state index < -0.39 is 6.04 Å². The number of carbonyl (C=O) groups excluding carboxylic acids is 2. The predicted octanol–water partition coefficient (Wildman–Crippen LogP) is 3.38. The number of imide groups is 1. The molecule has 0 spiro atoms. The number of thiocarbonyl (C=S) groups is 1. The number of anilines is 1. The number of hydrogen-bond acceptors (Lipinski definition) is 4. The summed E-state index contributed by atoms with van der Waals surface area (Å²) in [6.07, 6.45) is 2.92. The Hall–Kier alpha value is -2.02. The second-order valence-corrected chi connectivity index (χ2v) is 7.91. The van der Waals surface area contributed by atoms with E-state index in [4.69, 9.17) is 12.2 Å². The average Bonchev–Trinajstić information content (AvgIpc) is 3.00. The standard InChI is InChI=1S/C19H22FN3O2S.C2H6/c1-11-4-6-22(7-5-11)16-9-12(20)8-13-14(16)10-23(19(13)26)15-2-3-17(24)21-18(15)25;1-2/h8-9,11,15H,2-7,10H2,1H3,(H,21,24,25);1-2H3. The normalized spacial score (nSPS) is 22.6. The van der Waals surface area contributed by atoms with Gasteiger partial charge in [-0.3, -0.25) is 14.9 Å². The molecule has 0 bridgehead atoms. The fourth-order valence-corrected chi connectivity index (χ4v) is 4.51. The van der Waals surface area contributed by atoms with Crippen LogP contribution in [-0.4, -0.2) is 40.8 Å². The zero-order chi connectivity index (χ0) is 20.4. The molecule has 1 aromatic carbocycles. The number of rotatable bonds is 2. The van der Waals surface area contributed by atoms with Crippen LogP contribution in [0.3, 0.4) is 0 Å². The summed E-state index contributed by atoms with van der Waals surface area (Å²) in [4.78, 5) is 28.3. The minimum atomic E-state index is -0.468. The lowest BCUT2D eigenvalue weighted by Gasteiger charge is -2.34. The molecule has 5 nitrogen and oxygen atoms in total. The molecule has 3 aliphatic rings. The molecule has 2 fully saturated rings. The van der Waals surface area contributed by atoms with Crippen molar-refractivity contribution in [2.45, 2.75) is 59.0 Å². The van der Waals surface area contributed by atoms with Gasteiger partial charge in [-0.15, -0.1) is 0 Å². The molecule has 2 saturated heterocycles. The topological polar surface area (TPSA) is 52.6 Å². The third-order valence-corrected chi connectivity index (χ3v) is 6.18. The Morgan fingerprint density at radius 2 is 1.82 bits per heavy atom. The van der Waals surface area contributed by atoms with Gasteiger partial charge in [0.05, 0.1) is 0 Å². The SMILES string of the molecule is CC.CC1CCN(c2cc(F)cc3c2CN(C2CCC(=O)NC2=O)C3=S)CC1. The van der Waals surface area contributed by atoms with Crippen LogP contribution in [0, 0.1) is 11.7 Å². The Balaban J connectivity index is 0.00000109. The zero-order valence-corrected chi connectivity index (χ0v) is 17.6. The number of carbonyl (C=O) groups is 2. The van der Waals surface area contributed by atoms with E-state index in [1.165, 1.54) is 6.07 Å². The van der Waals surface area contributed by atoms with E-state index in [1.807, 2.05) is 18.7 Å². The lowest BCUT2D eigenvalue weighted by Crippen LogP contribution is -2.52. The van der Waals surface area contributed by atoms with Gasteiger partial charge >= 0.3 is 0 Å². The van der Waals surface area contributed by atoms with Gasteiger partial charge in [0.1, 0.15) is 16.8 Å². The second-order valence-electron chi connectivity index (χ2n) is 7.52. The first-order valence-electron chi connectivity index (χ1n) is 10.2. The number of nitrogens with one attached hydrogen (secondary N) is 1. The highest BCUT2D eigenvalue weighted by atomic mass is 32.1. The highest BCUT2D eigenvalue weighted by Crippen LogP contribution is 2.37. The summed E-state index contributed by atoms with van der Waals surface area (Å²) in [5.41, 5.74) is 2.60. The summed E-state index contributed by atoms with van der Waals surface area (Å²) >= 11 is 5.57. The highest BCUT2D eigenvalue weighted by molar-refractivity contribution is 7.80. The molecule has 1 unspecified atom stereocenters. The van der Waals surface area contributed by atoms with E-state index in [2.05, 4.69) is 17.1 Å². The van der Waals surface area contributed by atoms with Crippen LogP contribution < -0.4 is 10.2 Å². The van der Waals surface area contributed by atoms with Crippen LogP contribution in [0.1, 0.15) is 57.6 Å². The largest absolute Gasteiger partial charge is 0.371 e. The van der Waals surface area contributed by atoms with E-state index >= 15 is 0 Å². The summed E-state index contributed by atoms with van der Waals surface area (Å²) in [6, 6.07) is 2.59. The Morgan fingerprint density at radius 1 is 1.14 bits per heavy atom. The van der Waals surface area contributed by atoms with Crippen molar-refractivity contribution in [2.24, 2.45) is 5.92 Å². The van der Waals surface area contributed by atoms with Crippen LogP contribution in [0.25, 0.3) is 0 Å². The maximum absolute atomic E-state index is 14.3. The van der Waals surface area contributed by atoms with Crippen molar-refractivity contribution in [3.63, 3.8) is 0 Å². The Morgan fingerprint density at radius 3 is 2.46 bits per heavy atom. The van der Waals surface area contributed by atoms with E-state index in [0.29, 0.717) is 35.9 Å². The van der Waals surface area contributed by atoms with Gasteiger partial charge in [-0.2, -0.15) is 0 Å². The summed E-state index contributed by atoms with van der Waals surface area (Å²) in [5, 5.41) is 2.38. The van der Waals surface area contributed by atoms with Crippen molar-refractivity contribution in [3.8, 4) is 0 Å². The average molecular weight is 406 g/mol. The van der Waals surface area contributed by atoms with Crippen LogP contribution in [0.15, 0.2) is 12.1 Å². The molecule has 1 atom stereocenters. The minimum absolute atomic E-state index is 0.247. The summed E-state index contributed by atoms with van der Waals surface area (Å²) in [5.74, 6) is -0.174. The molecule has 1 aromatic rings. The van der Waals surface area contributed by atoms with Gasteiger partial charge in [0.25, 0.3) is 0 Å². The van der Waals surface area contributed by atoms with Crippen molar-refractivity contribution in [3.05, 3.63) is 29.1 Å². The van der Waals surface area contributed by atoms with Gasteiger partial charge < -0.3 is 9.80 Å². The molecule has 152 valence electrons. The van der Waals surface area contributed by atoms with E-state index in [-0.39, 0.29) is 17.6 Å². The molecule has 0 saturated carbocycles. The van der Waals surface area contributed by atoms with Gasteiger partial charge in [0, 0.05) is 42.9 Å². The maximum atomic E-state index is 14.3. The second kappa shape index (κ2) is 8.55.